The van der Waals surface area contributed by atoms with E-state index in [9.17, 15) is 49.9 Å². The summed E-state index contributed by atoms with van der Waals surface area (Å²) in [6.07, 6.45) is -8.18. The van der Waals surface area contributed by atoms with Crippen LogP contribution in [0.25, 0.3) is 0 Å². The van der Waals surface area contributed by atoms with Crippen LogP contribution < -0.4 is 0 Å². The fourth-order valence-electron chi connectivity index (χ4n) is 8.77. The van der Waals surface area contributed by atoms with Crippen molar-refractivity contribution < 1.29 is 59.1 Å². The molecule has 0 aliphatic heterocycles. The van der Waals surface area contributed by atoms with Gasteiger partial charge in [-0.1, -0.05) is 20.8 Å². The van der Waals surface area contributed by atoms with Crippen molar-refractivity contribution >= 4 is 27.7 Å². The van der Waals surface area contributed by atoms with Crippen molar-refractivity contribution in [3.8, 4) is 0 Å². The van der Waals surface area contributed by atoms with Crippen LogP contribution in [-0.2, 0) is 29.2 Å². The van der Waals surface area contributed by atoms with Crippen LogP contribution in [0, 0.1) is 46.3 Å². The molecule has 4 aliphatic rings. The first-order chi connectivity index (χ1) is 18.7. The average Bonchev–Trinajstić information content (AvgIpc) is 3.19. The Morgan fingerprint density at radius 1 is 1.07 bits per heavy atom. The number of fused-ring (bicyclic) bond motifs is 5. The number of carbonyl (C=O) groups is 3. The quantitative estimate of drug-likeness (QED) is 0.238. The lowest BCUT2D eigenvalue weighted by molar-refractivity contribution is -0.259. The Morgan fingerprint density at radius 2 is 1.71 bits per heavy atom. The molecule has 4 fully saturated rings. The van der Waals surface area contributed by atoms with Crippen LogP contribution in [0.4, 0.5) is 22.0 Å². The molecule has 0 spiro atoms. The molecular weight excluding hydrogens is 579 g/mol. The zero-order valence-corrected chi connectivity index (χ0v) is 23.9. The van der Waals surface area contributed by atoms with Crippen LogP contribution in [-0.4, -0.2) is 59.3 Å². The van der Waals surface area contributed by atoms with Gasteiger partial charge in [-0.05, 0) is 73.5 Å². The maximum absolute atomic E-state index is 13.8. The standard InChI is InChI=1S/C27H37F5O8S/c1-13(4-7-21(36)40-23(26(28,29)30)27(31,32)41(37,38)39)16-5-6-17-22-18(12-20(35)25(16,17)3)24(2)9-8-15(33)10-14(24)11-19(22)34/h13-18,22-23,33H,4-12H2,1-3H3,(H,37,38,39). The topological polar surface area (TPSA) is 135 Å². The number of halogens is 5. The summed E-state index contributed by atoms with van der Waals surface area (Å²) >= 11 is 0. The minimum absolute atomic E-state index is 0.00742. The Balaban J connectivity index is 1.47. The summed E-state index contributed by atoms with van der Waals surface area (Å²) in [6.45, 7) is 5.62. The Bertz CT molecular complexity index is 1190. The van der Waals surface area contributed by atoms with Gasteiger partial charge in [0.2, 0.25) is 0 Å². The molecule has 0 aromatic carbocycles. The van der Waals surface area contributed by atoms with Crippen molar-refractivity contribution in [2.24, 2.45) is 46.3 Å². The number of Topliss-reactive ketones (excluding diaryl/α,β-unsaturated/α-hetero) is 2. The molecule has 0 bridgehead atoms. The van der Waals surface area contributed by atoms with Crippen LogP contribution in [0.15, 0.2) is 0 Å². The van der Waals surface area contributed by atoms with Crippen molar-refractivity contribution in [3.63, 3.8) is 0 Å². The SMILES string of the molecule is CC(CCC(=O)OC(C(F)(F)F)C(F)(F)S(=O)(=O)O)C1CCC2C3C(=O)CC4CC(O)CCC4(C)C3CC(=O)C12C. The third-order valence-electron chi connectivity index (χ3n) is 11.1. The first kappa shape index (κ1) is 32.2. The second-order valence-corrected chi connectivity index (χ2v) is 14.6. The predicted molar refractivity (Wildman–Crippen MR) is 133 cm³/mol. The first-order valence-electron chi connectivity index (χ1n) is 14.0. The van der Waals surface area contributed by atoms with Gasteiger partial charge in [-0.15, -0.1) is 0 Å². The number of ketones is 2. The van der Waals surface area contributed by atoms with Crippen LogP contribution >= 0.6 is 0 Å². The van der Waals surface area contributed by atoms with Gasteiger partial charge in [-0.2, -0.15) is 30.4 Å². The molecule has 41 heavy (non-hydrogen) atoms. The lowest BCUT2D eigenvalue weighted by atomic mass is 9.43. The van der Waals surface area contributed by atoms with E-state index in [0.717, 1.165) is 6.42 Å². The maximum Gasteiger partial charge on any atom is 0.432 e. The Kier molecular flexibility index (Phi) is 8.26. The number of hydrogen-bond donors (Lipinski definition) is 2. The maximum atomic E-state index is 13.8. The molecule has 0 aromatic rings. The third-order valence-corrected chi connectivity index (χ3v) is 12.0. The van der Waals surface area contributed by atoms with Gasteiger partial charge >= 0.3 is 27.5 Å². The lowest BCUT2D eigenvalue weighted by Crippen LogP contribution is -2.60. The van der Waals surface area contributed by atoms with E-state index in [2.05, 4.69) is 11.7 Å². The van der Waals surface area contributed by atoms with Crippen molar-refractivity contribution in [2.45, 2.75) is 102 Å². The molecule has 0 saturated heterocycles. The number of alkyl halides is 5. The second kappa shape index (κ2) is 10.5. The fourth-order valence-corrected chi connectivity index (χ4v) is 9.23. The van der Waals surface area contributed by atoms with Crippen molar-refractivity contribution in [1.29, 1.82) is 0 Å². The number of hydrogen-bond acceptors (Lipinski definition) is 7. The van der Waals surface area contributed by atoms with E-state index in [1.165, 1.54) is 0 Å². The summed E-state index contributed by atoms with van der Waals surface area (Å²) in [5, 5.41) is 4.39. The van der Waals surface area contributed by atoms with Crippen LogP contribution in [0.5, 0.6) is 0 Å². The number of aliphatic hydroxyl groups is 1. The lowest BCUT2D eigenvalue weighted by Gasteiger charge is -2.59. The monoisotopic (exact) mass is 616 g/mol. The van der Waals surface area contributed by atoms with E-state index in [4.69, 9.17) is 4.55 Å². The van der Waals surface area contributed by atoms with E-state index in [0.29, 0.717) is 32.1 Å². The highest BCUT2D eigenvalue weighted by molar-refractivity contribution is 7.86. The molecule has 4 saturated carbocycles. The van der Waals surface area contributed by atoms with E-state index >= 15 is 0 Å². The molecule has 0 heterocycles. The summed E-state index contributed by atoms with van der Waals surface area (Å²) in [6, 6.07) is 0. The molecule has 10 unspecified atom stereocenters. The van der Waals surface area contributed by atoms with Crippen molar-refractivity contribution in [3.05, 3.63) is 0 Å². The van der Waals surface area contributed by atoms with Gasteiger partial charge in [0.15, 0.2) is 0 Å². The van der Waals surface area contributed by atoms with Gasteiger partial charge in [-0.3, -0.25) is 18.9 Å². The summed E-state index contributed by atoms with van der Waals surface area (Å²) in [5.74, 6) is -3.10. The normalized spacial score (nSPS) is 39.4. The van der Waals surface area contributed by atoms with E-state index in [-0.39, 0.29) is 59.4 Å². The van der Waals surface area contributed by atoms with Gasteiger partial charge in [-0.25, -0.2) is 0 Å². The summed E-state index contributed by atoms with van der Waals surface area (Å²) in [5.41, 5.74) is -1.16. The smallest absolute Gasteiger partial charge is 0.432 e. The molecular formula is C27H37F5O8S. The van der Waals surface area contributed by atoms with E-state index in [1.807, 2.05) is 0 Å². The highest BCUT2D eigenvalue weighted by Crippen LogP contribution is 2.66. The van der Waals surface area contributed by atoms with Crippen LogP contribution in [0.3, 0.4) is 0 Å². The fraction of sp³-hybridized carbons (Fsp3) is 0.889. The Hall–Kier alpha value is -1.67. The van der Waals surface area contributed by atoms with Gasteiger partial charge in [0.1, 0.15) is 11.6 Å². The van der Waals surface area contributed by atoms with Crippen molar-refractivity contribution in [2.75, 3.05) is 0 Å². The second-order valence-electron chi connectivity index (χ2n) is 13.1. The van der Waals surface area contributed by atoms with Crippen LogP contribution in [0.1, 0.15) is 78.6 Å². The number of carbonyl (C=O) groups excluding carboxylic acids is 3. The first-order valence-corrected chi connectivity index (χ1v) is 15.4. The molecule has 234 valence electrons. The molecule has 2 N–H and O–H groups in total. The van der Waals surface area contributed by atoms with Gasteiger partial charge in [0.05, 0.1) is 6.10 Å². The zero-order chi connectivity index (χ0) is 30.9. The number of esters is 1. The molecule has 4 rings (SSSR count). The van der Waals surface area contributed by atoms with Crippen LogP contribution in [0.2, 0.25) is 0 Å². The predicted octanol–water partition coefficient (Wildman–Crippen LogP) is 4.74. The highest BCUT2D eigenvalue weighted by Gasteiger charge is 2.67. The molecule has 4 aliphatic carbocycles. The van der Waals surface area contributed by atoms with E-state index < -0.39 is 57.5 Å². The summed E-state index contributed by atoms with van der Waals surface area (Å²) in [7, 11) is -6.54. The highest BCUT2D eigenvalue weighted by atomic mass is 32.2. The Labute approximate surface area is 235 Å². The molecule has 0 aromatic heterocycles. The minimum atomic E-state index is -6.54. The number of rotatable bonds is 7. The molecule has 10 atom stereocenters. The third kappa shape index (κ3) is 5.34. The Morgan fingerprint density at radius 3 is 2.29 bits per heavy atom. The number of ether oxygens (including phenoxy) is 1. The minimum Gasteiger partial charge on any atom is -0.445 e. The van der Waals surface area contributed by atoms with E-state index in [1.54, 1.807) is 13.8 Å². The largest absolute Gasteiger partial charge is 0.445 e. The molecule has 0 amide bonds. The summed E-state index contributed by atoms with van der Waals surface area (Å²) < 4.78 is 101. The summed E-state index contributed by atoms with van der Waals surface area (Å²) in [4.78, 5) is 39.5. The van der Waals surface area contributed by atoms with Gasteiger partial charge in [0, 0.05) is 30.6 Å². The average molecular weight is 617 g/mol. The van der Waals surface area contributed by atoms with Gasteiger partial charge in [0.25, 0.3) is 6.10 Å². The molecule has 14 heteroatoms. The molecule has 0 radical (unpaired) electrons. The molecule has 8 nitrogen and oxygen atoms in total. The zero-order valence-electron chi connectivity index (χ0n) is 23.1. The van der Waals surface area contributed by atoms with Crippen molar-refractivity contribution in [1.82, 2.24) is 0 Å². The van der Waals surface area contributed by atoms with Gasteiger partial charge < -0.3 is 9.84 Å². The number of aliphatic hydroxyl groups excluding tert-OH is 1.